The molecule has 15 heavy (non-hydrogen) atoms. The predicted molar refractivity (Wildman–Crippen MR) is 69.8 cm³/mol. The summed E-state index contributed by atoms with van der Waals surface area (Å²) in [5, 5.41) is 0. The third-order valence-corrected chi connectivity index (χ3v) is 2.63. The molecule has 88 valence electrons. The highest BCUT2D eigenvalue weighted by atomic mass is 14.0. The van der Waals surface area contributed by atoms with Gasteiger partial charge in [0.1, 0.15) is 0 Å². The van der Waals surface area contributed by atoms with Gasteiger partial charge in [-0.2, -0.15) is 0 Å². The number of hydrogen-bond donors (Lipinski definition) is 0. The Balaban J connectivity index is 3.09. The lowest BCUT2D eigenvalue weighted by Crippen LogP contribution is -1.84. The Morgan fingerprint density at radius 2 is 1.40 bits per heavy atom. The Bertz CT molecular complexity index is 168. The Labute approximate surface area is 96.8 Å². The van der Waals surface area contributed by atoms with Crippen LogP contribution in [0.4, 0.5) is 0 Å². The molecule has 0 heteroatoms. The first kappa shape index (κ1) is 14.6. The Morgan fingerprint density at radius 3 is 2.07 bits per heavy atom. The second-order valence-corrected chi connectivity index (χ2v) is 4.80. The van der Waals surface area contributed by atoms with Gasteiger partial charge in [0.2, 0.25) is 0 Å². The molecule has 0 unspecified atom stereocenters. The van der Waals surface area contributed by atoms with Crippen molar-refractivity contribution < 1.29 is 0 Å². The zero-order chi connectivity index (χ0) is 11.4. The Morgan fingerprint density at radius 1 is 0.800 bits per heavy atom. The van der Waals surface area contributed by atoms with E-state index in [1.54, 1.807) is 0 Å². The van der Waals surface area contributed by atoms with Crippen molar-refractivity contribution in [3.63, 3.8) is 0 Å². The van der Waals surface area contributed by atoms with E-state index in [2.05, 4.69) is 32.6 Å². The van der Waals surface area contributed by atoms with Crippen LogP contribution in [-0.4, -0.2) is 0 Å². The highest BCUT2D eigenvalue weighted by Crippen LogP contribution is 2.06. The first-order chi connectivity index (χ1) is 7.27. The minimum Gasteiger partial charge on any atom is -0.103 e. The standard InChI is InChI=1S/C15H28/c1-4-5-6-7-8-9-10-11-12-13-14-15(2)3/h15H,4-10,13-14H2,1-3H3. The summed E-state index contributed by atoms with van der Waals surface area (Å²) in [4.78, 5) is 0. The molecule has 0 radical (unpaired) electrons. The normalized spacial score (nSPS) is 10.1. The van der Waals surface area contributed by atoms with Gasteiger partial charge in [0.15, 0.2) is 0 Å². The second kappa shape index (κ2) is 11.6. The lowest BCUT2D eigenvalue weighted by atomic mass is 10.1. The van der Waals surface area contributed by atoms with Gasteiger partial charge in [-0.05, 0) is 18.8 Å². The van der Waals surface area contributed by atoms with Crippen LogP contribution in [0, 0.1) is 17.8 Å². The molecule has 0 aliphatic carbocycles. The summed E-state index contributed by atoms with van der Waals surface area (Å²) in [5.41, 5.74) is 0. The maximum absolute atomic E-state index is 3.28. The van der Waals surface area contributed by atoms with Gasteiger partial charge in [-0.1, -0.05) is 52.9 Å². The maximum Gasteiger partial charge on any atom is 0.00911 e. The van der Waals surface area contributed by atoms with Crippen LogP contribution >= 0.6 is 0 Å². The number of unbranched alkanes of at least 4 members (excludes halogenated alkanes) is 6. The fraction of sp³-hybridized carbons (Fsp3) is 0.867. The van der Waals surface area contributed by atoms with E-state index >= 15 is 0 Å². The van der Waals surface area contributed by atoms with Gasteiger partial charge in [0.05, 0.1) is 0 Å². The van der Waals surface area contributed by atoms with Gasteiger partial charge < -0.3 is 0 Å². The molecule has 0 aromatic rings. The fourth-order valence-electron chi connectivity index (χ4n) is 1.53. The fourth-order valence-corrected chi connectivity index (χ4v) is 1.53. The topological polar surface area (TPSA) is 0 Å². The molecule has 0 rings (SSSR count). The molecule has 0 heterocycles. The van der Waals surface area contributed by atoms with E-state index in [0.717, 1.165) is 18.8 Å². The van der Waals surface area contributed by atoms with Crippen LogP contribution < -0.4 is 0 Å². The molecule has 0 fully saturated rings. The summed E-state index contributed by atoms with van der Waals surface area (Å²) in [6.45, 7) is 6.78. The maximum atomic E-state index is 3.28. The van der Waals surface area contributed by atoms with Crippen LogP contribution in [0.5, 0.6) is 0 Å². The van der Waals surface area contributed by atoms with Gasteiger partial charge in [-0.15, -0.1) is 11.8 Å². The van der Waals surface area contributed by atoms with E-state index in [4.69, 9.17) is 0 Å². The number of rotatable bonds is 8. The summed E-state index contributed by atoms with van der Waals surface area (Å²) >= 11 is 0. The first-order valence-corrected chi connectivity index (χ1v) is 6.73. The molecule has 0 bridgehead atoms. The molecule has 0 amide bonds. The van der Waals surface area contributed by atoms with Gasteiger partial charge in [0.25, 0.3) is 0 Å². The molecule has 0 saturated carbocycles. The summed E-state index contributed by atoms with van der Waals surface area (Å²) in [6.07, 6.45) is 11.7. The molecule has 0 saturated heterocycles. The largest absolute Gasteiger partial charge is 0.103 e. The molecule has 0 aliphatic rings. The summed E-state index contributed by atoms with van der Waals surface area (Å²) in [6, 6.07) is 0. The lowest BCUT2D eigenvalue weighted by Gasteiger charge is -1.97. The lowest BCUT2D eigenvalue weighted by molar-refractivity contribution is 0.599. The number of hydrogen-bond acceptors (Lipinski definition) is 0. The van der Waals surface area contributed by atoms with Crippen LogP contribution in [-0.2, 0) is 0 Å². The highest BCUT2D eigenvalue weighted by molar-refractivity contribution is 4.98. The van der Waals surface area contributed by atoms with Crippen molar-refractivity contribution in [2.24, 2.45) is 5.92 Å². The van der Waals surface area contributed by atoms with Gasteiger partial charge in [-0.3, -0.25) is 0 Å². The summed E-state index contributed by atoms with van der Waals surface area (Å²) < 4.78 is 0. The van der Waals surface area contributed by atoms with E-state index in [1.807, 2.05) is 0 Å². The van der Waals surface area contributed by atoms with Crippen molar-refractivity contribution in [1.29, 1.82) is 0 Å². The Hall–Kier alpha value is -0.440. The van der Waals surface area contributed by atoms with Crippen molar-refractivity contribution in [1.82, 2.24) is 0 Å². The average Bonchev–Trinajstić information content (AvgIpc) is 2.20. The quantitative estimate of drug-likeness (QED) is 0.381. The van der Waals surface area contributed by atoms with Crippen LogP contribution in [0.15, 0.2) is 0 Å². The minimum atomic E-state index is 0.799. The molecule has 0 aromatic carbocycles. The first-order valence-electron chi connectivity index (χ1n) is 6.73. The molecular formula is C15H28. The van der Waals surface area contributed by atoms with E-state index in [9.17, 15) is 0 Å². The molecule has 0 atom stereocenters. The smallest absolute Gasteiger partial charge is 0.00911 e. The summed E-state index contributed by atoms with van der Waals surface area (Å²) in [7, 11) is 0. The monoisotopic (exact) mass is 208 g/mol. The highest BCUT2D eigenvalue weighted by Gasteiger charge is 1.90. The van der Waals surface area contributed by atoms with Crippen molar-refractivity contribution in [2.45, 2.75) is 78.6 Å². The van der Waals surface area contributed by atoms with Gasteiger partial charge >= 0.3 is 0 Å². The predicted octanol–water partition coefficient (Wildman–Crippen LogP) is 5.18. The zero-order valence-corrected chi connectivity index (χ0v) is 10.9. The SMILES string of the molecule is CCCCCCCCC#CCCC(C)C. The van der Waals surface area contributed by atoms with E-state index in [0.29, 0.717) is 0 Å². The van der Waals surface area contributed by atoms with Crippen molar-refractivity contribution in [3.8, 4) is 11.8 Å². The molecule has 0 spiro atoms. The van der Waals surface area contributed by atoms with Crippen molar-refractivity contribution in [2.75, 3.05) is 0 Å². The van der Waals surface area contributed by atoms with Gasteiger partial charge in [0, 0.05) is 12.8 Å². The van der Waals surface area contributed by atoms with Crippen LogP contribution in [0.1, 0.15) is 78.6 Å². The van der Waals surface area contributed by atoms with Crippen molar-refractivity contribution >= 4 is 0 Å². The second-order valence-electron chi connectivity index (χ2n) is 4.80. The molecule has 0 aliphatic heterocycles. The van der Waals surface area contributed by atoms with Crippen LogP contribution in [0.25, 0.3) is 0 Å². The summed E-state index contributed by atoms with van der Waals surface area (Å²) in [5.74, 6) is 7.35. The Kier molecular flexibility index (Phi) is 11.3. The van der Waals surface area contributed by atoms with Gasteiger partial charge in [-0.25, -0.2) is 0 Å². The third-order valence-electron chi connectivity index (χ3n) is 2.63. The average molecular weight is 208 g/mol. The third kappa shape index (κ3) is 13.6. The van der Waals surface area contributed by atoms with Crippen LogP contribution in [0.3, 0.4) is 0 Å². The minimum absolute atomic E-state index is 0.799. The molecule has 0 nitrogen and oxygen atoms in total. The zero-order valence-electron chi connectivity index (χ0n) is 10.9. The van der Waals surface area contributed by atoms with E-state index in [1.165, 1.54) is 44.9 Å². The van der Waals surface area contributed by atoms with Crippen LogP contribution in [0.2, 0.25) is 0 Å². The molecule has 0 N–H and O–H groups in total. The van der Waals surface area contributed by atoms with E-state index < -0.39 is 0 Å². The molecular weight excluding hydrogens is 180 g/mol. The van der Waals surface area contributed by atoms with E-state index in [-0.39, 0.29) is 0 Å². The van der Waals surface area contributed by atoms with Crippen molar-refractivity contribution in [3.05, 3.63) is 0 Å². The molecule has 0 aromatic heterocycles.